The maximum Gasteiger partial charge on any atom is 0.305 e. The van der Waals surface area contributed by atoms with Crippen molar-refractivity contribution in [2.24, 2.45) is 17.8 Å². The normalized spacial score (nSPS) is 17.0. The zero-order valence-corrected chi connectivity index (χ0v) is 33.2. The second-order valence-electron chi connectivity index (χ2n) is 14.7. The van der Waals surface area contributed by atoms with E-state index in [0.717, 1.165) is 26.2 Å². The highest BCUT2D eigenvalue weighted by Gasteiger charge is 2.37. The minimum Gasteiger partial charge on any atom is -0.481 e. The molecule has 1 aliphatic carbocycles. The van der Waals surface area contributed by atoms with Crippen LogP contribution in [0.1, 0.15) is 119 Å². The summed E-state index contributed by atoms with van der Waals surface area (Å²) < 4.78 is 0. The summed E-state index contributed by atoms with van der Waals surface area (Å²) in [5, 5.41) is 34.0. The molecule has 0 radical (unpaired) electrons. The molecule has 1 fully saturated rings. The maximum atomic E-state index is 14.0. The van der Waals surface area contributed by atoms with Gasteiger partial charge in [0.2, 0.25) is 35.4 Å². The summed E-state index contributed by atoms with van der Waals surface area (Å²) in [6.45, 7) is 11.7. The van der Waals surface area contributed by atoms with Crippen LogP contribution in [0.3, 0.4) is 0 Å². The molecule has 0 aromatic rings. The fourth-order valence-electron chi connectivity index (χ4n) is 6.39. The van der Waals surface area contributed by atoms with Crippen molar-refractivity contribution in [3.63, 3.8) is 0 Å². The van der Waals surface area contributed by atoms with Crippen LogP contribution < -0.4 is 31.9 Å². The van der Waals surface area contributed by atoms with Crippen LogP contribution in [0.5, 0.6) is 0 Å². The van der Waals surface area contributed by atoms with E-state index in [4.69, 9.17) is 0 Å². The van der Waals surface area contributed by atoms with Crippen molar-refractivity contribution in [3.8, 4) is 0 Å². The number of amides is 6. The molecule has 55 heavy (non-hydrogen) atoms. The van der Waals surface area contributed by atoms with Gasteiger partial charge in [-0.05, 0) is 62.9 Å². The van der Waals surface area contributed by atoms with Gasteiger partial charge in [-0.25, -0.2) is 0 Å². The Morgan fingerprint density at radius 3 is 1.73 bits per heavy atom. The standard InChI is InChI=1S/C38H62N6O11/c1-8-14-29(46)25(10-3)40-38(55)33(24-15-12-11-13-16-24)44-37(54)32(22(6)9-2)43-36(53)27(19-21(4)5)42-34(51)26(17-18-30(47)48)41-35(52)28(20-31(49)50)39-23(7)45/h8,14,21-22,24-28,32-33H,9-13,15-20H2,1-7H3,(H,39,45)(H,40,55)(H,41,52)(H,42,51)(H,43,53)(H,44,54)(H,47,48)(H,49,50)/b14-8+/t22-,25-,26+,27-,28-,32-,33-/m0/s1. The minimum absolute atomic E-state index is 0.0747. The number of aliphatic carboxylic acids is 2. The van der Waals surface area contributed by atoms with Crippen LogP contribution in [0.15, 0.2) is 12.2 Å². The van der Waals surface area contributed by atoms with E-state index in [2.05, 4.69) is 31.9 Å². The highest BCUT2D eigenvalue weighted by atomic mass is 16.4. The summed E-state index contributed by atoms with van der Waals surface area (Å²) in [7, 11) is 0. The van der Waals surface area contributed by atoms with Crippen molar-refractivity contribution < 1.29 is 53.4 Å². The van der Waals surface area contributed by atoms with E-state index in [-0.39, 0.29) is 24.0 Å². The lowest BCUT2D eigenvalue weighted by atomic mass is 9.83. The van der Waals surface area contributed by atoms with E-state index in [1.165, 1.54) is 6.08 Å². The molecule has 0 heterocycles. The van der Waals surface area contributed by atoms with E-state index in [1.807, 2.05) is 6.92 Å². The van der Waals surface area contributed by atoms with Gasteiger partial charge in [0.05, 0.1) is 12.5 Å². The van der Waals surface area contributed by atoms with Crippen molar-refractivity contribution in [2.75, 3.05) is 0 Å². The van der Waals surface area contributed by atoms with E-state index >= 15 is 0 Å². The highest BCUT2D eigenvalue weighted by molar-refractivity contribution is 5.99. The van der Waals surface area contributed by atoms with Gasteiger partial charge in [0.1, 0.15) is 30.2 Å². The Labute approximate surface area is 323 Å². The Bertz CT molecular complexity index is 1380. The molecule has 17 nitrogen and oxygen atoms in total. The first-order chi connectivity index (χ1) is 25.8. The summed E-state index contributed by atoms with van der Waals surface area (Å²) in [5.41, 5.74) is 0. The molecule has 0 aromatic heterocycles. The molecular weight excluding hydrogens is 716 g/mol. The summed E-state index contributed by atoms with van der Waals surface area (Å²) in [6.07, 6.45) is 6.11. The molecule has 0 aliphatic heterocycles. The molecule has 0 spiro atoms. The Morgan fingerprint density at radius 2 is 1.22 bits per heavy atom. The van der Waals surface area contributed by atoms with Crippen molar-refractivity contribution in [2.45, 2.75) is 155 Å². The third kappa shape index (κ3) is 17.5. The lowest BCUT2D eigenvalue weighted by Gasteiger charge is -2.33. The lowest BCUT2D eigenvalue weighted by Crippen LogP contribution is -2.61. The quantitative estimate of drug-likeness (QED) is 0.0651. The van der Waals surface area contributed by atoms with Crippen LogP contribution >= 0.6 is 0 Å². The zero-order chi connectivity index (χ0) is 41.8. The molecule has 7 atom stereocenters. The van der Waals surface area contributed by atoms with Gasteiger partial charge < -0.3 is 42.1 Å². The third-order valence-corrected chi connectivity index (χ3v) is 9.59. The average Bonchev–Trinajstić information content (AvgIpc) is 3.11. The molecule has 1 rings (SSSR count). The van der Waals surface area contributed by atoms with Gasteiger partial charge in [-0.2, -0.15) is 0 Å². The van der Waals surface area contributed by atoms with Gasteiger partial charge in [-0.15, -0.1) is 0 Å². The maximum absolute atomic E-state index is 14.0. The van der Waals surface area contributed by atoms with Crippen molar-refractivity contribution in [1.82, 2.24) is 31.9 Å². The summed E-state index contributed by atoms with van der Waals surface area (Å²) >= 11 is 0. The lowest BCUT2D eigenvalue weighted by molar-refractivity contribution is -0.141. The van der Waals surface area contributed by atoms with Gasteiger partial charge in [0, 0.05) is 13.3 Å². The fraction of sp³-hybridized carbons (Fsp3) is 0.711. The Balaban J connectivity index is 3.38. The van der Waals surface area contributed by atoms with E-state index in [0.29, 0.717) is 25.7 Å². The first-order valence-corrected chi connectivity index (χ1v) is 19.2. The number of hydrogen-bond donors (Lipinski definition) is 8. The molecule has 6 amide bonds. The average molecular weight is 779 g/mol. The van der Waals surface area contributed by atoms with Gasteiger partial charge in [0.25, 0.3) is 0 Å². The number of nitrogens with one attached hydrogen (secondary N) is 6. The Hall–Kier alpha value is -4.83. The molecule has 0 saturated heterocycles. The number of allylic oxidation sites excluding steroid dienone is 1. The summed E-state index contributed by atoms with van der Waals surface area (Å²) in [4.78, 5) is 115. The number of hydrogen-bond acceptors (Lipinski definition) is 9. The molecule has 8 N–H and O–H groups in total. The van der Waals surface area contributed by atoms with Crippen LogP contribution in [-0.4, -0.2) is 99.6 Å². The number of carbonyl (C=O) groups is 9. The van der Waals surface area contributed by atoms with Crippen molar-refractivity contribution in [1.29, 1.82) is 0 Å². The molecule has 310 valence electrons. The number of rotatable bonds is 24. The number of carboxylic acids is 2. The summed E-state index contributed by atoms with van der Waals surface area (Å²) in [6, 6.07) is -7.27. The molecule has 1 saturated carbocycles. The molecular formula is C38H62N6O11. The van der Waals surface area contributed by atoms with Crippen LogP contribution in [-0.2, 0) is 43.2 Å². The Kier molecular flexibility index (Phi) is 21.5. The predicted molar refractivity (Wildman–Crippen MR) is 202 cm³/mol. The van der Waals surface area contributed by atoms with Crippen LogP contribution in [0.25, 0.3) is 0 Å². The first-order valence-electron chi connectivity index (χ1n) is 19.2. The second-order valence-corrected chi connectivity index (χ2v) is 14.7. The molecule has 0 aromatic carbocycles. The molecule has 0 bridgehead atoms. The molecule has 1 aliphatic rings. The monoisotopic (exact) mass is 778 g/mol. The number of ketones is 1. The van der Waals surface area contributed by atoms with Crippen LogP contribution in [0, 0.1) is 17.8 Å². The molecule has 17 heteroatoms. The predicted octanol–water partition coefficient (Wildman–Crippen LogP) is 1.48. The first kappa shape index (κ1) is 48.2. The SMILES string of the molecule is C/C=C/C(=O)[C@H](CC)NC(=O)[C@@H](NC(=O)[C@@H](NC(=O)[C@H](CC(C)C)NC(=O)[C@@H](CCC(=O)O)NC(=O)[C@H](CC(=O)O)NC(C)=O)[C@@H](C)CC)C1CCCCC1. The van der Waals surface area contributed by atoms with Crippen molar-refractivity contribution >= 4 is 53.2 Å². The van der Waals surface area contributed by atoms with Gasteiger partial charge in [0.15, 0.2) is 5.78 Å². The largest absolute Gasteiger partial charge is 0.481 e. The number of carbonyl (C=O) groups excluding carboxylic acids is 7. The van der Waals surface area contributed by atoms with E-state index in [9.17, 15) is 53.4 Å². The highest BCUT2D eigenvalue weighted by Crippen LogP contribution is 2.27. The fourth-order valence-corrected chi connectivity index (χ4v) is 6.39. The van der Waals surface area contributed by atoms with Gasteiger partial charge in [-0.3, -0.25) is 43.2 Å². The van der Waals surface area contributed by atoms with E-state index < -0.39 is 109 Å². The minimum atomic E-state index is -1.57. The summed E-state index contributed by atoms with van der Waals surface area (Å²) in [5.74, 6) is -8.34. The van der Waals surface area contributed by atoms with Crippen molar-refractivity contribution in [3.05, 3.63) is 12.2 Å². The van der Waals surface area contributed by atoms with Crippen LogP contribution in [0.2, 0.25) is 0 Å². The van der Waals surface area contributed by atoms with Gasteiger partial charge in [-0.1, -0.05) is 66.4 Å². The Morgan fingerprint density at radius 1 is 0.655 bits per heavy atom. The third-order valence-electron chi connectivity index (χ3n) is 9.59. The van der Waals surface area contributed by atoms with Crippen LogP contribution in [0.4, 0.5) is 0 Å². The smallest absolute Gasteiger partial charge is 0.305 e. The topological polar surface area (TPSA) is 266 Å². The zero-order valence-electron chi connectivity index (χ0n) is 33.2. The molecule has 0 unspecified atom stereocenters. The second kappa shape index (κ2) is 24.6. The van der Waals surface area contributed by atoms with E-state index in [1.54, 1.807) is 40.7 Å². The number of carboxylic acid groups (broad SMARTS) is 2. The van der Waals surface area contributed by atoms with Gasteiger partial charge >= 0.3 is 11.9 Å².